The summed E-state index contributed by atoms with van der Waals surface area (Å²) in [7, 11) is 0. The van der Waals surface area contributed by atoms with E-state index in [0.717, 1.165) is 37.4 Å². The van der Waals surface area contributed by atoms with Crippen molar-refractivity contribution >= 4 is 5.82 Å². The molecule has 18 heavy (non-hydrogen) atoms. The molecule has 1 aliphatic rings. The first-order chi connectivity index (χ1) is 8.83. The van der Waals surface area contributed by atoms with Crippen molar-refractivity contribution in [1.82, 2.24) is 9.97 Å². The second-order valence-corrected chi connectivity index (χ2v) is 5.26. The molecule has 1 N–H and O–H groups in total. The number of hydrogen-bond acceptors (Lipinski definition) is 3. The van der Waals surface area contributed by atoms with Crippen LogP contribution in [0.3, 0.4) is 0 Å². The third-order valence-electron chi connectivity index (χ3n) is 3.58. The summed E-state index contributed by atoms with van der Waals surface area (Å²) in [6, 6.07) is 2.12. The molecule has 0 radical (unpaired) electrons. The van der Waals surface area contributed by atoms with Crippen molar-refractivity contribution in [2.75, 3.05) is 11.9 Å². The minimum atomic E-state index is 0.601. The number of nitrogens with zero attached hydrogens (tertiary/aromatic N) is 2. The monoisotopic (exact) mass is 247 g/mol. The number of aromatic nitrogens is 2. The summed E-state index contributed by atoms with van der Waals surface area (Å²) >= 11 is 0. The Hall–Kier alpha value is -1.12. The Labute approximate surface area is 110 Å². The van der Waals surface area contributed by atoms with E-state index < -0.39 is 0 Å². The maximum absolute atomic E-state index is 4.76. The van der Waals surface area contributed by atoms with E-state index >= 15 is 0 Å². The third-order valence-corrected chi connectivity index (χ3v) is 3.58. The molecular weight excluding hydrogens is 222 g/mol. The minimum absolute atomic E-state index is 0.601. The van der Waals surface area contributed by atoms with E-state index in [1.807, 2.05) is 0 Å². The van der Waals surface area contributed by atoms with E-state index in [9.17, 15) is 0 Å². The molecule has 1 aromatic heterocycles. The fourth-order valence-corrected chi connectivity index (χ4v) is 2.61. The Morgan fingerprint density at radius 1 is 1.17 bits per heavy atom. The van der Waals surface area contributed by atoms with Gasteiger partial charge in [-0.3, -0.25) is 0 Å². The first kappa shape index (κ1) is 13.3. The molecule has 1 fully saturated rings. The van der Waals surface area contributed by atoms with Crippen molar-refractivity contribution in [2.24, 2.45) is 0 Å². The third kappa shape index (κ3) is 3.44. The van der Waals surface area contributed by atoms with Gasteiger partial charge in [0.2, 0.25) is 0 Å². The molecular formula is C15H25N3. The molecule has 0 bridgehead atoms. The van der Waals surface area contributed by atoms with Gasteiger partial charge in [0.05, 0.1) is 0 Å². The van der Waals surface area contributed by atoms with Gasteiger partial charge >= 0.3 is 0 Å². The van der Waals surface area contributed by atoms with E-state index in [4.69, 9.17) is 9.97 Å². The van der Waals surface area contributed by atoms with Gasteiger partial charge in [0.1, 0.15) is 11.6 Å². The standard InChI is InChI=1S/C15H25N3/c1-3-7-13-11-14(16-10-4-2)18-15(17-13)12-8-5-6-9-12/h11-12H,3-10H2,1-2H3,(H,16,17,18). The highest BCUT2D eigenvalue weighted by atomic mass is 15.0. The summed E-state index contributed by atoms with van der Waals surface area (Å²) in [6.07, 6.45) is 8.54. The van der Waals surface area contributed by atoms with Gasteiger partial charge in [0, 0.05) is 24.2 Å². The van der Waals surface area contributed by atoms with Gasteiger partial charge in [-0.15, -0.1) is 0 Å². The van der Waals surface area contributed by atoms with Crippen molar-refractivity contribution in [1.29, 1.82) is 0 Å². The van der Waals surface area contributed by atoms with Crippen molar-refractivity contribution in [3.05, 3.63) is 17.6 Å². The average Bonchev–Trinajstić information content (AvgIpc) is 2.90. The smallest absolute Gasteiger partial charge is 0.134 e. The van der Waals surface area contributed by atoms with Crippen LogP contribution in [-0.4, -0.2) is 16.5 Å². The Kier molecular flexibility index (Phi) is 4.97. The Morgan fingerprint density at radius 2 is 1.94 bits per heavy atom. The summed E-state index contributed by atoms with van der Waals surface area (Å²) in [4.78, 5) is 9.48. The minimum Gasteiger partial charge on any atom is -0.370 e. The summed E-state index contributed by atoms with van der Waals surface area (Å²) in [5.74, 6) is 2.71. The largest absolute Gasteiger partial charge is 0.370 e. The molecule has 1 heterocycles. The second-order valence-electron chi connectivity index (χ2n) is 5.26. The first-order valence-corrected chi connectivity index (χ1v) is 7.45. The molecule has 1 aromatic rings. The normalized spacial score (nSPS) is 16.1. The lowest BCUT2D eigenvalue weighted by molar-refractivity contribution is 0.659. The molecule has 1 aliphatic carbocycles. The molecule has 0 unspecified atom stereocenters. The predicted octanol–water partition coefficient (Wildman–Crippen LogP) is 3.91. The molecule has 2 rings (SSSR count). The summed E-state index contributed by atoms with van der Waals surface area (Å²) in [6.45, 7) is 5.38. The fraction of sp³-hybridized carbons (Fsp3) is 0.733. The first-order valence-electron chi connectivity index (χ1n) is 7.45. The Bertz CT molecular complexity index is 370. The lowest BCUT2D eigenvalue weighted by Crippen LogP contribution is -2.09. The zero-order chi connectivity index (χ0) is 12.8. The highest BCUT2D eigenvalue weighted by Gasteiger charge is 2.20. The van der Waals surface area contributed by atoms with Gasteiger partial charge in [-0.05, 0) is 25.7 Å². The van der Waals surface area contributed by atoms with Crippen LogP contribution in [0, 0.1) is 0 Å². The zero-order valence-corrected chi connectivity index (χ0v) is 11.7. The molecule has 1 saturated carbocycles. The summed E-state index contributed by atoms with van der Waals surface area (Å²) < 4.78 is 0. The topological polar surface area (TPSA) is 37.8 Å². The zero-order valence-electron chi connectivity index (χ0n) is 11.7. The van der Waals surface area contributed by atoms with Crippen LogP contribution in [0.25, 0.3) is 0 Å². The molecule has 3 heteroatoms. The quantitative estimate of drug-likeness (QED) is 0.828. The number of rotatable bonds is 6. The molecule has 0 amide bonds. The van der Waals surface area contributed by atoms with Gasteiger partial charge in [0.25, 0.3) is 0 Å². The van der Waals surface area contributed by atoms with E-state index in [1.165, 1.54) is 31.4 Å². The number of hydrogen-bond donors (Lipinski definition) is 1. The van der Waals surface area contributed by atoms with Crippen LogP contribution in [0.1, 0.15) is 69.8 Å². The Morgan fingerprint density at radius 3 is 2.61 bits per heavy atom. The van der Waals surface area contributed by atoms with Gasteiger partial charge < -0.3 is 5.32 Å². The highest BCUT2D eigenvalue weighted by molar-refractivity contribution is 5.36. The van der Waals surface area contributed by atoms with Crippen molar-refractivity contribution in [3.8, 4) is 0 Å². The van der Waals surface area contributed by atoms with E-state index in [2.05, 4.69) is 25.2 Å². The van der Waals surface area contributed by atoms with Crippen LogP contribution in [-0.2, 0) is 6.42 Å². The lowest BCUT2D eigenvalue weighted by atomic mass is 10.1. The van der Waals surface area contributed by atoms with Crippen LogP contribution in [0.2, 0.25) is 0 Å². The molecule has 100 valence electrons. The maximum Gasteiger partial charge on any atom is 0.134 e. The summed E-state index contributed by atoms with van der Waals surface area (Å²) in [5, 5.41) is 3.41. The maximum atomic E-state index is 4.76. The van der Waals surface area contributed by atoms with Crippen LogP contribution < -0.4 is 5.32 Å². The number of anilines is 1. The van der Waals surface area contributed by atoms with Crippen molar-refractivity contribution in [2.45, 2.75) is 64.7 Å². The number of nitrogens with one attached hydrogen (secondary N) is 1. The lowest BCUT2D eigenvalue weighted by Gasteiger charge is -2.12. The van der Waals surface area contributed by atoms with Crippen LogP contribution >= 0.6 is 0 Å². The van der Waals surface area contributed by atoms with Gasteiger partial charge in [-0.25, -0.2) is 9.97 Å². The Balaban J connectivity index is 2.17. The van der Waals surface area contributed by atoms with Gasteiger partial charge in [-0.2, -0.15) is 0 Å². The molecule has 0 atom stereocenters. The van der Waals surface area contributed by atoms with Crippen LogP contribution in [0.5, 0.6) is 0 Å². The van der Waals surface area contributed by atoms with E-state index in [-0.39, 0.29) is 0 Å². The number of aryl methyl sites for hydroxylation is 1. The average molecular weight is 247 g/mol. The molecule has 0 aliphatic heterocycles. The van der Waals surface area contributed by atoms with E-state index in [0.29, 0.717) is 5.92 Å². The molecule has 0 aromatic carbocycles. The van der Waals surface area contributed by atoms with Gasteiger partial charge in [-0.1, -0.05) is 33.1 Å². The molecule has 3 nitrogen and oxygen atoms in total. The van der Waals surface area contributed by atoms with Crippen molar-refractivity contribution in [3.63, 3.8) is 0 Å². The molecule has 0 saturated heterocycles. The van der Waals surface area contributed by atoms with Crippen LogP contribution in [0.15, 0.2) is 6.07 Å². The van der Waals surface area contributed by atoms with Crippen LogP contribution in [0.4, 0.5) is 5.82 Å². The summed E-state index contributed by atoms with van der Waals surface area (Å²) in [5.41, 5.74) is 1.20. The molecule has 0 spiro atoms. The van der Waals surface area contributed by atoms with E-state index in [1.54, 1.807) is 0 Å². The second kappa shape index (κ2) is 6.72. The van der Waals surface area contributed by atoms with Crippen molar-refractivity contribution < 1.29 is 0 Å². The predicted molar refractivity (Wildman–Crippen MR) is 76.0 cm³/mol. The van der Waals surface area contributed by atoms with Gasteiger partial charge in [0.15, 0.2) is 0 Å². The fourth-order valence-electron chi connectivity index (χ4n) is 2.61. The highest BCUT2D eigenvalue weighted by Crippen LogP contribution is 2.32. The SMILES string of the molecule is CCCNc1cc(CCC)nc(C2CCCC2)n1.